The van der Waals surface area contributed by atoms with Crippen molar-refractivity contribution in [1.29, 1.82) is 0 Å². The molecular weight excluding hydrogens is 450 g/mol. The van der Waals surface area contributed by atoms with Gasteiger partial charge in [0.05, 0.1) is 17.8 Å². The molecule has 178 valence electrons. The van der Waals surface area contributed by atoms with E-state index in [2.05, 4.69) is 96.9 Å². The Kier molecular flexibility index (Phi) is 6.15. The van der Waals surface area contributed by atoms with Crippen LogP contribution in [0.2, 0.25) is 0 Å². The van der Waals surface area contributed by atoms with Gasteiger partial charge < -0.3 is 14.8 Å². The molecule has 0 saturated carbocycles. The molecule has 1 fully saturated rings. The maximum Gasteiger partial charge on any atom is 0.174 e. The summed E-state index contributed by atoms with van der Waals surface area (Å²) in [5, 5.41) is 4.29. The number of aryl methyl sites for hydroxylation is 2. The van der Waals surface area contributed by atoms with Gasteiger partial charge in [-0.05, 0) is 98.1 Å². The van der Waals surface area contributed by atoms with Gasteiger partial charge in [0.15, 0.2) is 5.11 Å². The van der Waals surface area contributed by atoms with E-state index in [1.807, 2.05) is 30.6 Å². The van der Waals surface area contributed by atoms with Crippen LogP contribution in [-0.4, -0.2) is 19.6 Å². The summed E-state index contributed by atoms with van der Waals surface area (Å²) in [5.41, 5.74) is 8.06. The summed E-state index contributed by atoms with van der Waals surface area (Å²) in [4.78, 5) is 11.6. The Morgan fingerprint density at radius 1 is 0.914 bits per heavy atom. The largest absolute Gasteiger partial charge is 0.351 e. The Hall–Kier alpha value is -3.51. The highest BCUT2D eigenvalue weighted by Crippen LogP contribution is 2.43. The molecule has 5 nitrogen and oxygen atoms in total. The van der Waals surface area contributed by atoms with Crippen LogP contribution in [0.4, 0.5) is 5.69 Å². The fraction of sp³-hybridized carbons (Fsp3) is 0.276. The average molecular weight is 482 g/mol. The first-order chi connectivity index (χ1) is 16.8. The van der Waals surface area contributed by atoms with Crippen molar-refractivity contribution in [2.24, 2.45) is 0 Å². The highest BCUT2D eigenvalue weighted by atomic mass is 32.1. The zero-order valence-electron chi connectivity index (χ0n) is 20.9. The Bertz CT molecular complexity index is 1360. The number of pyridine rings is 2. The first kappa shape index (κ1) is 23.2. The number of nitrogens with zero attached hydrogens (tertiary/aromatic N) is 4. The maximum atomic E-state index is 5.92. The summed E-state index contributed by atoms with van der Waals surface area (Å²) in [7, 11) is 0. The lowest BCUT2D eigenvalue weighted by Gasteiger charge is -2.28. The Morgan fingerprint density at radius 2 is 1.69 bits per heavy atom. The lowest BCUT2D eigenvalue weighted by atomic mass is 9.96. The molecule has 6 heteroatoms. The van der Waals surface area contributed by atoms with Gasteiger partial charge in [-0.1, -0.05) is 32.0 Å². The van der Waals surface area contributed by atoms with Crippen molar-refractivity contribution < 1.29 is 0 Å². The smallest absolute Gasteiger partial charge is 0.174 e. The molecule has 0 unspecified atom stereocenters. The van der Waals surface area contributed by atoms with Crippen molar-refractivity contribution in [3.63, 3.8) is 0 Å². The van der Waals surface area contributed by atoms with Crippen LogP contribution in [0.5, 0.6) is 0 Å². The third-order valence-electron chi connectivity index (χ3n) is 6.86. The van der Waals surface area contributed by atoms with E-state index in [0.717, 1.165) is 28.6 Å². The second kappa shape index (κ2) is 9.27. The van der Waals surface area contributed by atoms with Gasteiger partial charge in [0, 0.05) is 29.5 Å². The highest BCUT2D eigenvalue weighted by molar-refractivity contribution is 7.80. The predicted molar refractivity (Wildman–Crippen MR) is 146 cm³/mol. The zero-order chi connectivity index (χ0) is 24.7. The lowest BCUT2D eigenvalue weighted by Crippen LogP contribution is -2.29. The topological polar surface area (TPSA) is 46.0 Å². The van der Waals surface area contributed by atoms with Crippen molar-refractivity contribution in [2.75, 3.05) is 4.90 Å². The van der Waals surface area contributed by atoms with Gasteiger partial charge in [0.25, 0.3) is 0 Å². The summed E-state index contributed by atoms with van der Waals surface area (Å²) in [5.74, 6) is 1.41. The highest BCUT2D eigenvalue weighted by Gasteiger charge is 2.42. The second-order valence-electron chi connectivity index (χ2n) is 9.60. The SMILES string of the molecule is Cc1ccnc(-n2c(C)cc([C@@H]3[C@@H](c4ccccn4)NC(=S)N3c3ccc(C(C)C)cc3)c2C)c1. The van der Waals surface area contributed by atoms with Gasteiger partial charge in [-0.25, -0.2) is 4.98 Å². The Morgan fingerprint density at radius 3 is 2.34 bits per heavy atom. The average Bonchev–Trinajstić information content (AvgIpc) is 3.34. The van der Waals surface area contributed by atoms with E-state index in [0.29, 0.717) is 11.0 Å². The van der Waals surface area contributed by atoms with Crippen LogP contribution in [0.3, 0.4) is 0 Å². The van der Waals surface area contributed by atoms with Gasteiger partial charge in [-0.15, -0.1) is 0 Å². The predicted octanol–water partition coefficient (Wildman–Crippen LogP) is 6.49. The number of aromatic nitrogens is 3. The van der Waals surface area contributed by atoms with Gasteiger partial charge in [-0.3, -0.25) is 4.98 Å². The van der Waals surface area contributed by atoms with E-state index < -0.39 is 0 Å². The molecule has 4 heterocycles. The van der Waals surface area contributed by atoms with Crippen LogP contribution in [0.15, 0.2) is 73.1 Å². The summed E-state index contributed by atoms with van der Waals surface area (Å²) in [6.45, 7) is 10.8. The Balaban J connectivity index is 1.66. The molecule has 0 aliphatic carbocycles. The molecule has 3 aromatic heterocycles. The second-order valence-corrected chi connectivity index (χ2v) is 9.98. The third kappa shape index (κ3) is 4.23. The summed E-state index contributed by atoms with van der Waals surface area (Å²) >= 11 is 5.92. The number of anilines is 1. The number of nitrogens with one attached hydrogen (secondary N) is 1. The van der Waals surface area contributed by atoms with E-state index in [1.54, 1.807) is 0 Å². The molecule has 0 radical (unpaired) electrons. The molecule has 0 amide bonds. The van der Waals surface area contributed by atoms with Crippen molar-refractivity contribution in [3.05, 3.63) is 107 Å². The van der Waals surface area contributed by atoms with Crippen molar-refractivity contribution in [3.8, 4) is 5.82 Å². The molecule has 35 heavy (non-hydrogen) atoms. The Labute approximate surface area is 212 Å². The molecule has 1 saturated heterocycles. The molecular formula is C29H31N5S. The van der Waals surface area contributed by atoms with Crippen LogP contribution < -0.4 is 10.2 Å². The number of hydrogen-bond donors (Lipinski definition) is 1. The first-order valence-corrected chi connectivity index (χ1v) is 12.5. The molecule has 0 bridgehead atoms. The molecule has 4 aromatic rings. The van der Waals surface area contributed by atoms with Gasteiger partial charge in [-0.2, -0.15) is 0 Å². The van der Waals surface area contributed by atoms with Gasteiger partial charge >= 0.3 is 0 Å². The molecule has 0 spiro atoms. The van der Waals surface area contributed by atoms with Crippen LogP contribution in [0.1, 0.15) is 65.6 Å². The van der Waals surface area contributed by atoms with E-state index in [1.165, 1.54) is 16.7 Å². The number of benzene rings is 1. The van der Waals surface area contributed by atoms with Crippen LogP contribution in [0, 0.1) is 20.8 Å². The van der Waals surface area contributed by atoms with Crippen molar-refractivity contribution in [2.45, 2.75) is 52.6 Å². The third-order valence-corrected chi connectivity index (χ3v) is 7.17. The fourth-order valence-corrected chi connectivity index (χ4v) is 5.40. The summed E-state index contributed by atoms with van der Waals surface area (Å²) < 4.78 is 2.24. The molecule has 1 N–H and O–H groups in total. The molecule has 2 atom stereocenters. The monoisotopic (exact) mass is 481 g/mol. The minimum Gasteiger partial charge on any atom is -0.351 e. The standard InChI is InChI=1S/C29H31N5S/c1-18(2)22-9-11-23(12-10-22)34-28(27(32-29(34)35)25-8-6-7-14-30-25)24-17-20(4)33(21(24)5)26-16-19(3)13-15-31-26/h6-18,27-28H,1-5H3,(H,32,35)/t27-,28-/m1/s1. The van der Waals surface area contributed by atoms with Gasteiger partial charge in [0.1, 0.15) is 5.82 Å². The van der Waals surface area contributed by atoms with E-state index in [-0.39, 0.29) is 12.1 Å². The van der Waals surface area contributed by atoms with Crippen LogP contribution in [-0.2, 0) is 0 Å². The molecule has 5 rings (SSSR count). The molecule has 1 aromatic carbocycles. The van der Waals surface area contributed by atoms with Crippen LogP contribution >= 0.6 is 12.2 Å². The minimum atomic E-state index is -0.0760. The number of thiocarbonyl (C=S) groups is 1. The molecule has 1 aliphatic heterocycles. The normalized spacial score (nSPS) is 17.8. The van der Waals surface area contributed by atoms with Gasteiger partial charge in [0.2, 0.25) is 0 Å². The van der Waals surface area contributed by atoms with E-state index in [4.69, 9.17) is 17.2 Å². The lowest BCUT2D eigenvalue weighted by molar-refractivity contribution is 0.565. The quantitative estimate of drug-likeness (QED) is 0.330. The summed E-state index contributed by atoms with van der Waals surface area (Å²) in [6.07, 6.45) is 3.71. The number of rotatable bonds is 5. The van der Waals surface area contributed by atoms with E-state index in [9.17, 15) is 0 Å². The summed E-state index contributed by atoms with van der Waals surface area (Å²) in [6, 6.07) is 21.1. The maximum absolute atomic E-state index is 5.92. The van der Waals surface area contributed by atoms with Crippen molar-refractivity contribution in [1.82, 2.24) is 19.9 Å². The van der Waals surface area contributed by atoms with Crippen LogP contribution in [0.25, 0.3) is 5.82 Å². The number of hydrogen-bond acceptors (Lipinski definition) is 3. The minimum absolute atomic E-state index is 0.0490. The van der Waals surface area contributed by atoms with Crippen molar-refractivity contribution >= 4 is 23.0 Å². The molecule has 1 aliphatic rings. The zero-order valence-corrected chi connectivity index (χ0v) is 21.7. The fourth-order valence-electron chi connectivity index (χ4n) is 5.05. The van der Waals surface area contributed by atoms with E-state index >= 15 is 0 Å². The first-order valence-electron chi connectivity index (χ1n) is 12.1.